The number of anilines is 1. The van der Waals surface area contributed by atoms with Crippen LogP contribution in [0.25, 0.3) is 6.08 Å². The molecular formula is C22H22N2O4S2. The Balaban J connectivity index is 1.63. The summed E-state index contributed by atoms with van der Waals surface area (Å²) in [4.78, 5) is 14.4. The van der Waals surface area contributed by atoms with Crippen LogP contribution in [0, 0.1) is 0 Å². The predicted octanol–water partition coefficient (Wildman–Crippen LogP) is 4.47. The zero-order valence-corrected chi connectivity index (χ0v) is 18.2. The van der Waals surface area contributed by atoms with Crippen LogP contribution in [0.5, 0.6) is 0 Å². The van der Waals surface area contributed by atoms with Gasteiger partial charge in [-0.2, -0.15) is 4.31 Å². The van der Waals surface area contributed by atoms with Crippen LogP contribution in [0.2, 0.25) is 0 Å². The largest absolute Gasteiger partial charge is 0.460 e. The minimum atomic E-state index is -3.29. The Morgan fingerprint density at radius 1 is 1.07 bits per heavy atom. The number of nitrogens with zero attached hydrogens (tertiary/aromatic N) is 1. The molecule has 0 saturated heterocycles. The maximum Gasteiger partial charge on any atom is 0.248 e. The van der Waals surface area contributed by atoms with Gasteiger partial charge < -0.3 is 9.73 Å². The third-order valence-electron chi connectivity index (χ3n) is 4.14. The quantitative estimate of drug-likeness (QED) is 0.521. The summed E-state index contributed by atoms with van der Waals surface area (Å²) in [6.45, 7) is 0.128. The Morgan fingerprint density at radius 2 is 1.77 bits per heavy atom. The Kier molecular flexibility index (Phi) is 7.15. The van der Waals surface area contributed by atoms with Gasteiger partial charge in [-0.05, 0) is 42.5 Å². The molecule has 1 amide bonds. The molecule has 1 aromatic heterocycles. The standard InChI is InChI=1S/C22H22N2O4S2/c1-24(30(2,26)27)16-18-13-12-17(28-18)14-15-22(25)23-20-10-6-7-11-21(20)29-19-8-4-3-5-9-19/h3-15H,16H2,1-2H3,(H,23,25)/b15-14+. The molecule has 1 N–H and O–H groups in total. The van der Waals surface area contributed by atoms with Gasteiger partial charge in [-0.1, -0.05) is 42.1 Å². The number of nitrogens with one attached hydrogen (secondary N) is 1. The number of hydrogen-bond acceptors (Lipinski definition) is 5. The molecule has 0 bridgehead atoms. The maximum absolute atomic E-state index is 12.4. The topological polar surface area (TPSA) is 79.6 Å². The van der Waals surface area contributed by atoms with Gasteiger partial charge in [0.05, 0.1) is 18.5 Å². The maximum atomic E-state index is 12.4. The van der Waals surface area contributed by atoms with E-state index in [-0.39, 0.29) is 12.5 Å². The van der Waals surface area contributed by atoms with Gasteiger partial charge in [-0.15, -0.1) is 0 Å². The molecular weight excluding hydrogens is 420 g/mol. The fraction of sp³-hybridized carbons (Fsp3) is 0.136. The molecule has 0 fully saturated rings. The lowest BCUT2D eigenvalue weighted by Gasteiger charge is -2.11. The minimum absolute atomic E-state index is 0.128. The van der Waals surface area contributed by atoms with Crippen molar-refractivity contribution in [2.75, 3.05) is 18.6 Å². The first kappa shape index (κ1) is 21.9. The van der Waals surface area contributed by atoms with Crippen LogP contribution < -0.4 is 5.32 Å². The minimum Gasteiger partial charge on any atom is -0.460 e. The van der Waals surface area contributed by atoms with Crippen molar-refractivity contribution in [3.05, 3.63) is 84.3 Å². The highest BCUT2D eigenvalue weighted by molar-refractivity contribution is 7.99. The fourth-order valence-corrected chi connectivity index (χ4v) is 3.80. The van der Waals surface area contributed by atoms with Gasteiger partial charge in [0, 0.05) is 22.9 Å². The van der Waals surface area contributed by atoms with Gasteiger partial charge in [-0.3, -0.25) is 4.79 Å². The highest BCUT2D eigenvalue weighted by atomic mass is 32.2. The molecule has 0 unspecified atom stereocenters. The normalized spacial score (nSPS) is 11.8. The van der Waals surface area contributed by atoms with E-state index in [1.54, 1.807) is 30.0 Å². The lowest BCUT2D eigenvalue weighted by Crippen LogP contribution is -2.24. The number of furan rings is 1. The van der Waals surface area contributed by atoms with Gasteiger partial charge in [-0.25, -0.2) is 8.42 Å². The summed E-state index contributed by atoms with van der Waals surface area (Å²) < 4.78 is 29.7. The lowest BCUT2D eigenvalue weighted by molar-refractivity contribution is -0.111. The van der Waals surface area contributed by atoms with Crippen molar-refractivity contribution in [3.63, 3.8) is 0 Å². The summed E-state index contributed by atoms with van der Waals surface area (Å²) in [5.41, 5.74) is 0.718. The van der Waals surface area contributed by atoms with E-state index < -0.39 is 10.0 Å². The number of hydrogen-bond donors (Lipinski definition) is 1. The lowest BCUT2D eigenvalue weighted by atomic mass is 10.3. The van der Waals surface area contributed by atoms with E-state index >= 15 is 0 Å². The van der Waals surface area contributed by atoms with Crippen LogP contribution in [0.1, 0.15) is 11.5 Å². The average Bonchev–Trinajstić information content (AvgIpc) is 3.15. The van der Waals surface area contributed by atoms with Gasteiger partial charge in [0.1, 0.15) is 11.5 Å². The summed E-state index contributed by atoms with van der Waals surface area (Å²) in [5, 5.41) is 2.88. The predicted molar refractivity (Wildman–Crippen MR) is 120 cm³/mol. The van der Waals surface area contributed by atoms with Crippen molar-refractivity contribution in [1.29, 1.82) is 0 Å². The summed E-state index contributed by atoms with van der Waals surface area (Å²) in [7, 11) is -1.81. The molecule has 3 aromatic rings. The van der Waals surface area contributed by atoms with Crippen LogP contribution in [-0.2, 0) is 21.4 Å². The third-order valence-corrected chi connectivity index (χ3v) is 6.49. The van der Waals surface area contributed by atoms with E-state index in [1.807, 2.05) is 54.6 Å². The van der Waals surface area contributed by atoms with Crippen LogP contribution in [0.4, 0.5) is 5.69 Å². The third kappa shape index (κ3) is 6.35. The Hall–Kier alpha value is -2.81. The molecule has 30 heavy (non-hydrogen) atoms. The molecule has 0 aliphatic heterocycles. The van der Waals surface area contributed by atoms with E-state index in [9.17, 15) is 13.2 Å². The van der Waals surface area contributed by atoms with Gasteiger partial charge in [0.15, 0.2) is 0 Å². The van der Waals surface area contributed by atoms with Gasteiger partial charge in [0.2, 0.25) is 15.9 Å². The number of carbonyl (C=O) groups excluding carboxylic acids is 1. The number of benzene rings is 2. The molecule has 3 rings (SSSR count). The van der Waals surface area contributed by atoms with Crippen molar-refractivity contribution >= 4 is 39.5 Å². The summed E-state index contributed by atoms with van der Waals surface area (Å²) in [6.07, 6.45) is 4.06. The molecule has 6 nitrogen and oxygen atoms in total. The van der Waals surface area contributed by atoms with Crippen molar-refractivity contribution in [1.82, 2.24) is 4.31 Å². The van der Waals surface area contributed by atoms with E-state index in [1.165, 1.54) is 17.4 Å². The molecule has 1 heterocycles. The van der Waals surface area contributed by atoms with Crippen LogP contribution in [0.3, 0.4) is 0 Å². The summed E-state index contributed by atoms with van der Waals surface area (Å²) in [5.74, 6) is 0.670. The number of sulfonamides is 1. The Labute approximate surface area is 180 Å². The van der Waals surface area contributed by atoms with Crippen LogP contribution in [-0.4, -0.2) is 31.9 Å². The molecule has 0 aliphatic carbocycles. The number of carbonyl (C=O) groups is 1. The number of amides is 1. The van der Waals surface area contributed by atoms with Crippen molar-refractivity contribution in [2.45, 2.75) is 16.3 Å². The SMILES string of the molecule is CN(Cc1ccc(/C=C/C(=O)Nc2ccccc2Sc2ccccc2)o1)S(C)(=O)=O. The summed E-state index contributed by atoms with van der Waals surface area (Å²) in [6, 6.07) is 20.9. The van der Waals surface area contributed by atoms with Crippen molar-refractivity contribution in [3.8, 4) is 0 Å². The average molecular weight is 443 g/mol. The fourth-order valence-electron chi connectivity index (χ4n) is 2.51. The van der Waals surface area contributed by atoms with E-state index in [2.05, 4.69) is 5.32 Å². The van der Waals surface area contributed by atoms with Gasteiger partial charge >= 0.3 is 0 Å². The first-order valence-corrected chi connectivity index (χ1v) is 11.8. The molecule has 0 radical (unpaired) electrons. The van der Waals surface area contributed by atoms with Crippen molar-refractivity contribution < 1.29 is 17.6 Å². The van der Waals surface area contributed by atoms with E-state index in [4.69, 9.17) is 4.42 Å². The van der Waals surface area contributed by atoms with Gasteiger partial charge in [0.25, 0.3) is 0 Å². The Morgan fingerprint density at radius 3 is 2.50 bits per heavy atom. The summed E-state index contributed by atoms with van der Waals surface area (Å²) >= 11 is 1.57. The monoisotopic (exact) mass is 442 g/mol. The first-order chi connectivity index (χ1) is 14.3. The number of rotatable bonds is 8. The zero-order chi connectivity index (χ0) is 21.6. The van der Waals surface area contributed by atoms with Crippen LogP contribution in [0.15, 0.2) is 87.0 Å². The Bertz CT molecular complexity index is 1140. The van der Waals surface area contributed by atoms with E-state index in [0.29, 0.717) is 11.5 Å². The second-order valence-corrected chi connectivity index (χ2v) is 9.76. The molecule has 0 atom stereocenters. The van der Waals surface area contributed by atoms with E-state index in [0.717, 1.165) is 21.7 Å². The van der Waals surface area contributed by atoms with Crippen LogP contribution >= 0.6 is 11.8 Å². The highest BCUT2D eigenvalue weighted by Gasteiger charge is 2.13. The molecule has 8 heteroatoms. The molecule has 0 spiro atoms. The van der Waals surface area contributed by atoms with Crippen molar-refractivity contribution in [2.24, 2.45) is 0 Å². The molecule has 0 aliphatic rings. The zero-order valence-electron chi connectivity index (χ0n) is 16.6. The molecule has 156 valence electrons. The number of para-hydroxylation sites is 1. The molecule has 0 saturated carbocycles. The highest BCUT2D eigenvalue weighted by Crippen LogP contribution is 2.33. The second-order valence-electron chi connectivity index (χ2n) is 6.56. The first-order valence-electron chi connectivity index (χ1n) is 9.12. The second kappa shape index (κ2) is 9.80. The molecule has 2 aromatic carbocycles. The smallest absolute Gasteiger partial charge is 0.248 e.